The van der Waals surface area contributed by atoms with E-state index in [2.05, 4.69) is 22.4 Å². The smallest absolute Gasteiger partial charge is 0.230 e. The van der Waals surface area contributed by atoms with Crippen molar-refractivity contribution in [2.45, 2.75) is 75.5 Å². The first-order valence-electron chi connectivity index (χ1n) is 9.18. The second-order valence-corrected chi connectivity index (χ2v) is 8.15. The molecule has 3 rings (SSSR count). The standard InChI is InChI=1S/C17H27N5O2S/c1-11-4-2-3-5-13(11)19-15(24)10-25-17-21-20-16(12-6-7-12)22(17)9-8-14(18)23/h11-13H,2-10H2,1H3,(H2,18,23)(H,19,24). The third-order valence-electron chi connectivity index (χ3n) is 5.06. The van der Waals surface area contributed by atoms with E-state index in [0.717, 1.165) is 25.1 Å². The van der Waals surface area contributed by atoms with Crippen molar-refractivity contribution >= 4 is 23.6 Å². The number of nitrogens with two attached hydrogens (primary N) is 1. The Labute approximate surface area is 152 Å². The van der Waals surface area contributed by atoms with E-state index in [-0.39, 0.29) is 24.3 Å². The third kappa shape index (κ3) is 4.96. The van der Waals surface area contributed by atoms with E-state index in [1.165, 1.54) is 31.0 Å². The summed E-state index contributed by atoms with van der Waals surface area (Å²) in [5, 5.41) is 12.4. The number of nitrogens with one attached hydrogen (secondary N) is 1. The molecule has 138 valence electrons. The minimum absolute atomic E-state index is 0.0428. The molecule has 8 heteroatoms. The van der Waals surface area contributed by atoms with Gasteiger partial charge in [0, 0.05) is 24.9 Å². The molecule has 1 aromatic rings. The van der Waals surface area contributed by atoms with Crippen LogP contribution in [0.15, 0.2) is 5.16 Å². The van der Waals surface area contributed by atoms with Crippen molar-refractivity contribution in [1.29, 1.82) is 0 Å². The summed E-state index contributed by atoms with van der Waals surface area (Å²) in [6.45, 7) is 2.69. The maximum atomic E-state index is 12.3. The van der Waals surface area contributed by atoms with Crippen molar-refractivity contribution in [3.05, 3.63) is 5.82 Å². The first kappa shape index (κ1) is 18.2. The Kier molecular flexibility index (Phi) is 5.98. The Hall–Kier alpha value is -1.57. The zero-order valence-electron chi connectivity index (χ0n) is 14.7. The molecule has 0 saturated heterocycles. The molecule has 2 aliphatic rings. The molecule has 2 saturated carbocycles. The van der Waals surface area contributed by atoms with Crippen molar-refractivity contribution in [3.8, 4) is 0 Å². The molecule has 25 heavy (non-hydrogen) atoms. The third-order valence-corrected chi connectivity index (χ3v) is 6.03. The first-order valence-corrected chi connectivity index (χ1v) is 10.2. The Balaban J connectivity index is 1.56. The Bertz CT molecular complexity index is 629. The number of aromatic nitrogens is 3. The minimum Gasteiger partial charge on any atom is -0.370 e. The molecular weight excluding hydrogens is 338 g/mol. The summed E-state index contributed by atoms with van der Waals surface area (Å²) in [6, 6.07) is 0.289. The highest BCUT2D eigenvalue weighted by Gasteiger charge is 2.30. The normalized spacial score (nSPS) is 23.4. The zero-order valence-corrected chi connectivity index (χ0v) is 15.6. The van der Waals surface area contributed by atoms with Gasteiger partial charge in [-0.05, 0) is 31.6 Å². The fraction of sp³-hybridized carbons (Fsp3) is 0.765. The molecule has 2 amide bonds. The summed E-state index contributed by atoms with van der Waals surface area (Å²) in [5.74, 6) is 1.93. The van der Waals surface area contributed by atoms with Crippen LogP contribution in [-0.2, 0) is 16.1 Å². The van der Waals surface area contributed by atoms with E-state index in [9.17, 15) is 9.59 Å². The van der Waals surface area contributed by atoms with Crippen LogP contribution in [-0.4, -0.2) is 38.4 Å². The molecule has 0 aromatic carbocycles. The molecule has 3 N–H and O–H groups in total. The van der Waals surface area contributed by atoms with Gasteiger partial charge in [0.05, 0.1) is 5.75 Å². The summed E-state index contributed by atoms with van der Waals surface area (Å²) in [6.07, 6.45) is 7.18. The number of carbonyl (C=O) groups is 2. The topological polar surface area (TPSA) is 103 Å². The van der Waals surface area contributed by atoms with Gasteiger partial charge >= 0.3 is 0 Å². The molecule has 2 atom stereocenters. The SMILES string of the molecule is CC1CCCCC1NC(=O)CSc1nnc(C2CC2)n1CCC(N)=O. The largest absolute Gasteiger partial charge is 0.370 e. The van der Waals surface area contributed by atoms with Crippen LogP contribution in [0.2, 0.25) is 0 Å². The summed E-state index contributed by atoms with van der Waals surface area (Å²) >= 11 is 1.39. The van der Waals surface area contributed by atoms with E-state index in [1.807, 2.05) is 4.57 Å². The predicted octanol–water partition coefficient (Wildman–Crippen LogP) is 1.82. The van der Waals surface area contributed by atoms with Gasteiger partial charge in [0.2, 0.25) is 11.8 Å². The Morgan fingerprint density at radius 1 is 1.24 bits per heavy atom. The number of carbonyl (C=O) groups excluding carboxylic acids is 2. The van der Waals surface area contributed by atoms with Crippen molar-refractivity contribution in [2.24, 2.45) is 11.7 Å². The molecule has 0 radical (unpaired) electrons. The highest BCUT2D eigenvalue weighted by Crippen LogP contribution is 2.40. The van der Waals surface area contributed by atoms with Gasteiger partial charge in [0.15, 0.2) is 5.16 Å². The van der Waals surface area contributed by atoms with Gasteiger partial charge in [0.25, 0.3) is 0 Å². The highest BCUT2D eigenvalue weighted by atomic mass is 32.2. The minimum atomic E-state index is -0.338. The van der Waals surface area contributed by atoms with Gasteiger partial charge in [0.1, 0.15) is 5.82 Å². The molecule has 0 aliphatic heterocycles. The summed E-state index contributed by atoms with van der Waals surface area (Å²) < 4.78 is 1.96. The number of primary amides is 1. The first-order chi connectivity index (χ1) is 12.0. The number of thioether (sulfide) groups is 1. The van der Waals surface area contributed by atoms with E-state index < -0.39 is 0 Å². The lowest BCUT2D eigenvalue weighted by Gasteiger charge is -2.29. The van der Waals surface area contributed by atoms with E-state index in [1.54, 1.807) is 0 Å². The average molecular weight is 366 g/mol. The number of nitrogens with zero attached hydrogens (tertiary/aromatic N) is 3. The molecule has 2 aliphatic carbocycles. The summed E-state index contributed by atoms with van der Waals surface area (Å²) in [7, 11) is 0. The fourth-order valence-corrected chi connectivity index (χ4v) is 4.17. The van der Waals surface area contributed by atoms with Crippen molar-refractivity contribution in [2.75, 3.05) is 5.75 Å². The maximum Gasteiger partial charge on any atom is 0.230 e. The number of hydrogen-bond acceptors (Lipinski definition) is 5. The lowest BCUT2D eigenvalue weighted by Crippen LogP contribution is -2.41. The lowest BCUT2D eigenvalue weighted by molar-refractivity contribution is -0.120. The van der Waals surface area contributed by atoms with Crippen LogP contribution in [0.3, 0.4) is 0 Å². The quantitative estimate of drug-likeness (QED) is 0.684. The van der Waals surface area contributed by atoms with Gasteiger partial charge in [-0.2, -0.15) is 0 Å². The molecule has 7 nitrogen and oxygen atoms in total. The van der Waals surface area contributed by atoms with Crippen molar-refractivity contribution < 1.29 is 9.59 Å². The van der Waals surface area contributed by atoms with E-state index >= 15 is 0 Å². The molecule has 2 fully saturated rings. The molecule has 1 heterocycles. The number of hydrogen-bond donors (Lipinski definition) is 2. The highest BCUT2D eigenvalue weighted by molar-refractivity contribution is 7.99. The van der Waals surface area contributed by atoms with Crippen LogP contribution in [0, 0.1) is 5.92 Å². The average Bonchev–Trinajstić information content (AvgIpc) is 3.34. The fourth-order valence-electron chi connectivity index (χ4n) is 3.39. The molecular formula is C17H27N5O2S. The van der Waals surface area contributed by atoms with Crippen LogP contribution in [0.4, 0.5) is 0 Å². The van der Waals surface area contributed by atoms with Gasteiger partial charge in [-0.3, -0.25) is 9.59 Å². The Morgan fingerprint density at radius 3 is 2.68 bits per heavy atom. The van der Waals surface area contributed by atoms with Crippen molar-refractivity contribution in [1.82, 2.24) is 20.1 Å². The summed E-state index contributed by atoms with van der Waals surface area (Å²) in [4.78, 5) is 23.4. The zero-order chi connectivity index (χ0) is 17.8. The number of amides is 2. The maximum absolute atomic E-state index is 12.3. The number of rotatable bonds is 8. The second-order valence-electron chi connectivity index (χ2n) is 7.21. The molecule has 0 spiro atoms. The van der Waals surface area contributed by atoms with Crippen LogP contribution in [0.25, 0.3) is 0 Å². The van der Waals surface area contributed by atoms with Crippen molar-refractivity contribution in [3.63, 3.8) is 0 Å². The molecule has 1 aromatic heterocycles. The van der Waals surface area contributed by atoms with Crippen LogP contribution in [0.1, 0.15) is 63.6 Å². The van der Waals surface area contributed by atoms with Crippen LogP contribution < -0.4 is 11.1 Å². The van der Waals surface area contributed by atoms with Gasteiger partial charge in [-0.25, -0.2) is 0 Å². The lowest BCUT2D eigenvalue weighted by atomic mass is 9.86. The van der Waals surface area contributed by atoms with E-state index in [4.69, 9.17) is 5.73 Å². The predicted molar refractivity (Wildman–Crippen MR) is 96.1 cm³/mol. The second kappa shape index (κ2) is 8.21. The van der Waals surface area contributed by atoms with Gasteiger partial charge < -0.3 is 15.6 Å². The summed E-state index contributed by atoms with van der Waals surface area (Å²) in [5.41, 5.74) is 5.28. The molecule has 2 unspecified atom stereocenters. The van der Waals surface area contributed by atoms with Gasteiger partial charge in [-0.15, -0.1) is 10.2 Å². The van der Waals surface area contributed by atoms with Gasteiger partial charge in [-0.1, -0.05) is 31.5 Å². The van der Waals surface area contributed by atoms with Crippen LogP contribution >= 0.6 is 11.8 Å². The Morgan fingerprint density at radius 2 is 2.00 bits per heavy atom. The monoisotopic (exact) mass is 365 g/mol. The molecule has 0 bridgehead atoms. The van der Waals surface area contributed by atoms with Crippen LogP contribution in [0.5, 0.6) is 0 Å². The van der Waals surface area contributed by atoms with E-state index in [0.29, 0.717) is 29.3 Å².